The summed E-state index contributed by atoms with van der Waals surface area (Å²) in [6, 6.07) is 33.4. The fraction of sp³-hybridized carbons (Fsp3) is 0.178. The van der Waals surface area contributed by atoms with Gasteiger partial charge in [-0.25, -0.2) is 26.3 Å². The van der Waals surface area contributed by atoms with Gasteiger partial charge in [-0.2, -0.15) is 0 Å². The van der Waals surface area contributed by atoms with Crippen LogP contribution in [0, 0.1) is 34.9 Å². The minimum Gasteiger partial charge on any atom is -0.399 e. The van der Waals surface area contributed by atoms with Crippen molar-refractivity contribution in [2.75, 3.05) is 16.4 Å². The van der Waals surface area contributed by atoms with Crippen molar-refractivity contribution in [1.29, 1.82) is 0 Å². The van der Waals surface area contributed by atoms with Crippen LogP contribution < -0.4 is 21.8 Å². The molecule has 0 bridgehead atoms. The van der Waals surface area contributed by atoms with Crippen LogP contribution in [-0.2, 0) is 22.4 Å². The molecule has 6 nitrogen and oxygen atoms in total. The van der Waals surface area contributed by atoms with E-state index >= 15 is 0 Å². The molecule has 6 aromatic rings. The van der Waals surface area contributed by atoms with Crippen LogP contribution in [0.5, 0.6) is 0 Å². The summed E-state index contributed by atoms with van der Waals surface area (Å²) >= 11 is 6.61. The van der Waals surface area contributed by atoms with E-state index in [2.05, 4.69) is 42.5 Å². The number of hydrogen-bond acceptors (Lipinski definition) is 6. The molecule has 0 radical (unpaired) electrons. The number of carbonyl (C=O) groups is 1. The number of carbonyl (C=O) groups excluding carboxylic acids is 1. The molecule has 1 heterocycles. The Kier molecular flexibility index (Phi) is 17.4. The summed E-state index contributed by atoms with van der Waals surface area (Å²) < 4.78 is 92.8. The van der Waals surface area contributed by atoms with Crippen LogP contribution in [0.15, 0.2) is 136 Å². The zero-order chi connectivity index (χ0) is 44.0. The number of nitrogens with one attached hydrogen (secondary N) is 2. The van der Waals surface area contributed by atoms with E-state index in [1.165, 1.54) is 42.5 Å². The van der Waals surface area contributed by atoms with Gasteiger partial charge < -0.3 is 25.7 Å². The largest absolute Gasteiger partial charge is 0.494 e. The van der Waals surface area contributed by atoms with E-state index in [1.54, 1.807) is 0 Å². The predicted octanol–water partition coefficient (Wildman–Crippen LogP) is 12.0. The van der Waals surface area contributed by atoms with Crippen molar-refractivity contribution in [2.45, 2.75) is 52.0 Å². The van der Waals surface area contributed by atoms with Crippen molar-refractivity contribution in [3.8, 4) is 0 Å². The van der Waals surface area contributed by atoms with Gasteiger partial charge in [0.05, 0.1) is 16.8 Å². The van der Waals surface area contributed by atoms with Crippen LogP contribution >= 0.6 is 31.9 Å². The number of benzene rings is 6. The lowest BCUT2D eigenvalue weighted by atomic mass is 9.79. The quantitative estimate of drug-likeness (QED) is 0.0610. The second kappa shape index (κ2) is 22.0. The lowest BCUT2D eigenvalue weighted by Crippen LogP contribution is -2.41. The highest BCUT2D eigenvalue weighted by atomic mass is 79.9. The van der Waals surface area contributed by atoms with E-state index in [0.29, 0.717) is 0 Å². The molecule has 0 aliphatic carbocycles. The molecule has 0 aromatic heterocycles. The highest BCUT2D eigenvalue weighted by Crippen LogP contribution is 2.36. The Hall–Kier alpha value is -5.09. The van der Waals surface area contributed by atoms with E-state index < -0.39 is 58.8 Å². The molecule has 0 amide bonds. The number of aldehydes is 1. The van der Waals surface area contributed by atoms with Crippen molar-refractivity contribution >= 4 is 67.8 Å². The molecule has 0 saturated carbocycles. The molecule has 1 saturated heterocycles. The average Bonchev–Trinajstić information content (AvgIpc) is 3.43. The maximum atomic E-state index is 13.7. The molecule has 15 heteroatoms. The Balaban J connectivity index is 0.000000195. The number of nitrogens with two attached hydrogens (primary N) is 1. The summed E-state index contributed by atoms with van der Waals surface area (Å²) in [6.45, 7) is 8.23. The third-order valence-electron chi connectivity index (χ3n) is 9.33. The second-order valence-electron chi connectivity index (χ2n) is 14.1. The van der Waals surface area contributed by atoms with Crippen LogP contribution in [0.4, 0.5) is 43.4 Å². The van der Waals surface area contributed by atoms with Gasteiger partial charge in [0.2, 0.25) is 0 Å². The molecule has 0 spiro atoms. The van der Waals surface area contributed by atoms with Gasteiger partial charge in [0.15, 0.2) is 6.29 Å². The predicted molar refractivity (Wildman–Crippen MR) is 234 cm³/mol. The van der Waals surface area contributed by atoms with Gasteiger partial charge >= 0.3 is 7.12 Å². The van der Waals surface area contributed by atoms with Crippen LogP contribution in [0.1, 0.15) is 49.2 Å². The molecular formula is C45H42BBr2F6N3O3. The lowest BCUT2D eigenvalue weighted by molar-refractivity contribution is 0.00578. The zero-order valence-corrected chi connectivity index (χ0v) is 36.2. The van der Waals surface area contributed by atoms with Crippen molar-refractivity contribution in [3.63, 3.8) is 0 Å². The minimum atomic E-state index is -0.824. The summed E-state index contributed by atoms with van der Waals surface area (Å²) in [4.78, 5) is 9.97. The number of rotatable bonds is 8. The molecule has 60 heavy (non-hydrogen) atoms. The summed E-state index contributed by atoms with van der Waals surface area (Å²) in [5, 5.41) is 6.00. The molecule has 0 unspecified atom stereocenters. The van der Waals surface area contributed by atoms with Crippen LogP contribution in [0.3, 0.4) is 0 Å². The summed E-state index contributed by atoms with van der Waals surface area (Å²) in [5.41, 5.74) is 7.47. The summed E-state index contributed by atoms with van der Waals surface area (Å²) in [7, 11) is -0.428. The fourth-order valence-corrected chi connectivity index (χ4v) is 5.70. The second-order valence-corrected chi connectivity index (χ2v) is 16.0. The van der Waals surface area contributed by atoms with Gasteiger partial charge in [-0.3, -0.25) is 4.79 Å². The smallest absolute Gasteiger partial charge is 0.399 e. The first kappa shape index (κ1) is 47.6. The normalized spacial score (nSPS) is 13.4. The highest BCUT2D eigenvalue weighted by molar-refractivity contribution is 9.10. The van der Waals surface area contributed by atoms with Gasteiger partial charge in [-0.05, 0) is 130 Å². The first-order chi connectivity index (χ1) is 28.4. The van der Waals surface area contributed by atoms with Gasteiger partial charge in [0.25, 0.3) is 0 Å². The molecule has 4 N–H and O–H groups in total. The average molecular weight is 957 g/mol. The van der Waals surface area contributed by atoms with Crippen LogP contribution in [-0.4, -0.2) is 24.6 Å². The maximum absolute atomic E-state index is 13.7. The van der Waals surface area contributed by atoms with Gasteiger partial charge in [-0.15, -0.1) is 0 Å². The van der Waals surface area contributed by atoms with Crippen molar-refractivity contribution in [2.24, 2.45) is 0 Å². The van der Waals surface area contributed by atoms with Gasteiger partial charge in [-0.1, -0.05) is 62.2 Å². The minimum absolute atomic E-state index is 0.0255. The summed E-state index contributed by atoms with van der Waals surface area (Å²) in [5.74, 6) is -3.82. The first-order valence-electron chi connectivity index (χ1n) is 18.4. The molecule has 7 rings (SSSR count). The Morgan fingerprint density at radius 1 is 0.550 bits per heavy atom. The molecule has 1 aliphatic heterocycles. The third kappa shape index (κ3) is 13.7. The van der Waals surface area contributed by atoms with Crippen molar-refractivity contribution in [3.05, 3.63) is 188 Å². The standard InChI is InChI=1S/C19H22BF2NO2.C13H10BrF2N.C7H4F2O.C6H6BrN/c1-18(2)19(3,4)25-20(24-18)13-8-10-14(11-9-13)23-12-15-16(21)6-5-7-17(15)22;14-9-4-6-10(7-5-9)17-8-11-12(15)2-1-3-13(11)16;8-6-2-1-3-7(9)5(6)4-10;7-5-1-3-6(8)4-2-5/h5-11,23H,12H2,1-4H3;1-7,17H,8H2;1-4H;1-4H,8H2. The number of hydrogen-bond donors (Lipinski definition) is 3. The monoisotopic (exact) mass is 955 g/mol. The SMILES string of the molecule is CC1(C)OB(c2ccc(NCc3c(F)cccc3F)cc2)OC1(C)C.Fc1cccc(F)c1CNc1ccc(Br)cc1.Nc1ccc(Br)cc1.O=Cc1c(F)cccc1F. The van der Waals surface area contributed by atoms with Gasteiger partial charge in [0, 0.05) is 50.2 Å². The van der Waals surface area contributed by atoms with E-state index in [-0.39, 0.29) is 30.5 Å². The maximum Gasteiger partial charge on any atom is 0.494 e. The molecule has 1 fully saturated rings. The molecule has 314 valence electrons. The van der Waals surface area contributed by atoms with Gasteiger partial charge in [0.1, 0.15) is 34.9 Å². The Morgan fingerprint density at radius 2 is 0.883 bits per heavy atom. The number of anilines is 3. The Labute approximate surface area is 362 Å². The molecule has 1 aliphatic rings. The van der Waals surface area contributed by atoms with Crippen molar-refractivity contribution < 1.29 is 40.4 Å². The Bertz CT molecular complexity index is 2220. The number of nitrogen functional groups attached to an aromatic ring is 1. The van der Waals surface area contributed by atoms with E-state index in [4.69, 9.17) is 15.0 Å². The highest BCUT2D eigenvalue weighted by Gasteiger charge is 2.51. The zero-order valence-electron chi connectivity index (χ0n) is 33.0. The van der Waals surface area contributed by atoms with E-state index in [9.17, 15) is 31.1 Å². The van der Waals surface area contributed by atoms with Crippen molar-refractivity contribution in [1.82, 2.24) is 0 Å². The third-order valence-corrected chi connectivity index (χ3v) is 10.4. The Morgan fingerprint density at radius 3 is 1.22 bits per heavy atom. The topological polar surface area (TPSA) is 85.6 Å². The van der Waals surface area contributed by atoms with E-state index in [1.807, 2.05) is 100 Å². The molecule has 6 aromatic carbocycles. The van der Waals surface area contributed by atoms with E-state index in [0.717, 1.165) is 43.6 Å². The number of halogens is 8. The molecular weight excluding hydrogens is 915 g/mol. The fourth-order valence-electron chi connectivity index (χ4n) is 5.17. The summed E-state index contributed by atoms with van der Waals surface area (Å²) in [6.07, 6.45) is 0.157. The molecule has 0 atom stereocenters. The van der Waals surface area contributed by atoms with Crippen LogP contribution in [0.25, 0.3) is 0 Å². The first-order valence-corrected chi connectivity index (χ1v) is 19.9. The van der Waals surface area contributed by atoms with Crippen LogP contribution in [0.2, 0.25) is 0 Å². The lowest BCUT2D eigenvalue weighted by Gasteiger charge is -2.32.